The lowest BCUT2D eigenvalue weighted by Crippen LogP contribution is -2.43. The van der Waals surface area contributed by atoms with E-state index in [0.717, 1.165) is 10.5 Å². The van der Waals surface area contributed by atoms with Crippen LogP contribution in [-0.4, -0.2) is 49.8 Å². The number of pyridine rings is 1. The molecule has 1 fully saturated rings. The summed E-state index contributed by atoms with van der Waals surface area (Å²) in [7, 11) is 0. The van der Waals surface area contributed by atoms with E-state index in [1.165, 1.54) is 12.3 Å². The first-order valence-corrected chi connectivity index (χ1v) is 8.67. The van der Waals surface area contributed by atoms with Gasteiger partial charge in [-0.05, 0) is 11.6 Å². The van der Waals surface area contributed by atoms with E-state index in [-0.39, 0.29) is 5.56 Å². The van der Waals surface area contributed by atoms with Gasteiger partial charge in [0.1, 0.15) is 11.6 Å². The number of nitrogens with two attached hydrogens (primary N) is 1. The lowest BCUT2D eigenvalue weighted by molar-refractivity contribution is -0.121. The number of rotatable bonds is 4. The van der Waals surface area contributed by atoms with Crippen molar-refractivity contribution in [1.82, 2.24) is 19.4 Å². The van der Waals surface area contributed by atoms with Gasteiger partial charge in [0.05, 0.1) is 25.0 Å². The van der Waals surface area contributed by atoms with Crippen molar-refractivity contribution in [3.8, 4) is 0 Å². The molecule has 2 N–H and O–H groups in total. The maximum absolute atomic E-state index is 13.7. The van der Waals surface area contributed by atoms with Crippen molar-refractivity contribution >= 4 is 23.0 Å². The van der Waals surface area contributed by atoms with Gasteiger partial charge in [0.15, 0.2) is 5.65 Å². The van der Waals surface area contributed by atoms with E-state index in [0.29, 0.717) is 17.7 Å². The number of benzene rings is 1. The van der Waals surface area contributed by atoms with Crippen LogP contribution in [0.3, 0.4) is 0 Å². The molecule has 1 atom stereocenters. The fraction of sp³-hybridized carbons (Fsp3) is 0.263. The van der Waals surface area contributed by atoms with Crippen LogP contribution in [0.1, 0.15) is 22.3 Å². The minimum atomic E-state index is -3.15. The summed E-state index contributed by atoms with van der Waals surface area (Å²) in [5, 5.41) is 0. The van der Waals surface area contributed by atoms with Crippen LogP contribution in [0.15, 0.2) is 48.9 Å². The summed E-state index contributed by atoms with van der Waals surface area (Å²) < 4.78 is 29.3. The zero-order valence-electron chi connectivity index (χ0n) is 14.8. The Kier molecular flexibility index (Phi) is 4.29. The van der Waals surface area contributed by atoms with Gasteiger partial charge in [-0.25, -0.2) is 18.7 Å². The van der Waals surface area contributed by atoms with Gasteiger partial charge in [0.25, 0.3) is 11.8 Å². The van der Waals surface area contributed by atoms with E-state index in [1.807, 2.05) is 34.9 Å². The molecule has 9 heteroatoms. The second kappa shape index (κ2) is 6.66. The lowest BCUT2D eigenvalue weighted by atomic mass is 10.1. The molecule has 28 heavy (non-hydrogen) atoms. The number of carbonyl (C=O) groups excluding carboxylic acids is 2. The third-order valence-electron chi connectivity index (χ3n) is 4.76. The molecule has 2 amide bonds. The number of hydrogen-bond donors (Lipinski definition) is 1. The maximum atomic E-state index is 13.7. The number of imidazole rings is 1. The highest BCUT2D eigenvalue weighted by Gasteiger charge is 2.49. The Bertz CT molecular complexity index is 1050. The SMILES string of the molecule is NC(=O)[C@@H]1CC(F)(F)CN1C(=O)c1cnc2c(c1)ncn2Cc1ccccc1. The Morgan fingerprint density at radius 1 is 1.21 bits per heavy atom. The molecule has 1 aliphatic rings. The summed E-state index contributed by atoms with van der Waals surface area (Å²) in [5.41, 5.74) is 7.37. The molecule has 1 aromatic carbocycles. The number of carbonyl (C=O) groups is 2. The molecule has 3 aromatic rings. The smallest absolute Gasteiger partial charge is 0.267 e. The Labute approximate surface area is 158 Å². The van der Waals surface area contributed by atoms with Crippen molar-refractivity contribution in [2.24, 2.45) is 5.73 Å². The molecule has 0 radical (unpaired) electrons. The minimum Gasteiger partial charge on any atom is -0.368 e. The number of aromatic nitrogens is 3. The fourth-order valence-corrected chi connectivity index (χ4v) is 3.41. The van der Waals surface area contributed by atoms with Crippen LogP contribution in [0.5, 0.6) is 0 Å². The Balaban J connectivity index is 1.61. The van der Waals surface area contributed by atoms with E-state index in [4.69, 9.17) is 5.73 Å². The summed E-state index contributed by atoms with van der Waals surface area (Å²) in [6.45, 7) is -0.292. The predicted octanol–water partition coefficient (Wildman–Crippen LogP) is 1.81. The van der Waals surface area contributed by atoms with E-state index < -0.39 is 36.7 Å². The van der Waals surface area contributed by atoms with Crippen LogP contribution in [-0.2, 0) is 11.3 Å². The van der Waals surface area contributed by atoms with Gasteiger partial charge in [-0.15, -0.1) is 0 Å². The van der Waals surface area contributed by atoms with Gasteiger partial charge in [0.2, 0.25) is 5.91 Å². The number of likely N-dealkylation sites (tertiary alicyclic amines) is 1. The van der Waals surface area contributed by atoms with E-state index >= 15 is 0 Å². The van der Waals surface area contributed by atoms with E-state index in [2.05, 4.69) is 9.97 Å². The first-order valence-electron chi connectivity index (χ1n) is 8.67. The molecule has 0 spiro atoms. The monoisotopic (exact) mass is 385 g/mol. The van der Waals surface area contributed by atoms with Gasteiger partial charge in [0, 0.05) is 12.6 Å². The van der Waals surface area contributed by atoms with Crippen LogP contribution < -0.4 is 5.73 Å². The van der Waals surface area contributed by atoms with E-state index in [9.17, 15) is 18.4 Å². The maximum Gasteiger partial charge on any atom is 0.267 e. The van der Waals surface area contributed by atoms with Crippen LogP contribution in [0, 0.1) is 0 Å². The van der Waals surface area contributed by atoms with Crippen molar-refractivity contribution in [3.63, 3.8) is 0 Å². The van der Waals surface area contributed by atoms with Crippen molar-refractivity contribution < 1.29 is 18.4 Å². The van der Waals surface area contributed by atoms with Crippen LogP contribution in [0.2, 0.25) is 0 Å². The number of primary amides is 1. The molecule has 1 saturated heterocycles. The lowest BCUT2D eigenvalue weighted by Gasteiger charge is -2.21. The third-order valence-corrected chi connectivity index (χ3v) is 4.76. The zero-order valence-corrected chi connectivity index (χ0v) is 14.8. The third kappa shape index (κ3) is 3.30. The average molecular weight is 385 g/mol. The summed E-state index contributed by atoms with van der Waals surface area (Å²) in [6, 6.07) is 9.88. The molecule has 4 rings (SSSR count). The number of amides is 2. The number of alkyl halides is 2. The standard InChI is InChI=1S/C19H17F2N5O2/c20-19(21)7-15(16(22)27)26(10-19)18(28)13-6-14-17(23-8-13)25(11-24-14)9-12-4-2-1-3-5-12/h1-6,8,11,15H,7,9-10H2,(H2,22,27)/t15-/m0/s1. The van der Waals surface area contributed by atoms with Crippen LogP contribution in [0.25, 0.3) is 11.2 Å². The fourth-order valence-electron chi connectivity index (χ4n) is 3.41. The largest absolute Gasteiger partial charge is 0.368 e. The molecule has 0 bridgehead atoms. The molecule has 0 saturated carbocycles. The molecule has 2 aromatic heterocycles. The summed E-state index contributed by atoms with van der Waals surface area (Å²) in [5.74, 6) is -4.82. The molecule has 0 aliphatic carbocycles. The van der Waals surface area contributed by atoms with Crippen LogP contribution in [0.4, 0.5) is 8.78 Å². The van der Waals surface area contributed by atoms with Crippen molar-refractivity contribution in [1.29, 1.82) is 0 Å². The van der Waals surface area contributed by atoms with Crippen molar-refractivity contribution in [2.75, 3.05) is 6.54 Å². The molecule has 1 aliphatic heterocycles. The molecule has 0 unspecified atom stereocenters. The topological polar surface area (TPSA) is 94.1 Å². The van der Waals surface area contributed by atoms with Crippen molar-refractivity contribution in [2.45, 2.75) is 24.9 Å². The Morgan fingerprint density at radius 3 is 2.68 bits per heavy atom. The Morgan fingerprint density at radius 2 is 1.96 bits per heavy atom. The molecule has 3 heterocycles. The van der Waals surface area contributed by atoms with Crippen molar-refractivity contribution in [3.05, 3.63) is 60.0 Å². The highest BCUT2D eigenvalue weighted by atomic mass is 19.3. The summed E-state index contributed by atoms with van der Waals surface area (Å²) in [6.07, 6.45) is 2.15. The normalized spacial score (nSPS) is 18.5. The number of nitrogens with zero attached hydrogens (tertiary/aromatic N) is 4. The Hall–Kier alpha value is -3.36. The molecule has 144 valence electrons. The molecular weight excluding hydrogens is 368 g/mol. The zero-order chi connectivity index (χ0) is 19.9. The highest BCUT2D eigenvalue weighted by Crippen LogP contribution is 2.33. The second-order valence-electron chi connectivity index (χ2n) is 6.84. The molecular formula is C19H17F2N5O2. The van der Waals surface area contributed by atoms with Gasteiger partial charge in [-0.3, -0.25) is 9.59 Å². The van der Waals surface area contributed by atoms with E-state index in [1.54, 1.807) is 6.33 Å². The second-order valence-corrected chi connectivity index (χ2v) is 6.84. The number of fused-ring (bicyclic) bond motifs is 1. The first kappa shape index (κ1) is 18.0. The quantitative estimate of drug-likeness (QED) is 0.741. The van der Waals surface area contributed by atoms with Gasteiger partial charge in [-0.2, -0.15) is 0 Å². The summed E-state index contributed by atoms with van der Waals surface area (Å²) >= 11 is 0. The predicted molar refractivity (Wildman–Crippen MR) is 96.7 cm³/mol. The van der Waals surface area contributed by atoms with Crippen LogP contribution >= 0.6 is 0 Å². The first-order chi connectivity index (χ1) is 13.3. The summed E-state index contributed by atoms with van der Waals surface area (Å²) in [4.78, 5) is 33.5. The molecule has 7 nitrogen and oxygen atoms in total. The number of halogens is 2. The van der Waals surface area contributed by atoms with Gasteiger partial charge >= 0.3 is 0 Å². The van der Waals surface area contributed by atoms with Gasteiger partial charge in [-0.1, -0.05) is 30.3 Å². The minimum absolute atomic E-state index is 0.0846. The highest BCUT2D eigenvalue weighted by molar-refractivity contribution is 5.99. The van der Waals surface area contributed by atoms with Gasteiger partial charge < -0.3 is 15.2 Å². The number of hydrogen-bond acceptors (Lipinski definition) is 4. The average Bonchev–Trinajstić information content (AvgIpc) is 3.22.